The second kappa shape index (κ2) is 8.15. The first-order chi connectivity index (χ1) is 12.3. The van der Waals surface area contributed by atoms with Crippen LogP contribution in [0.1, 0.15) is 5.56 Å². The molecular formula is C17H21N3O5S. The molecule has 140 valence electrons. The topological polar surface area (TPSA) is 102 Å². The summed E-state index contributed by atoms with van der Waals surface area (Å²) in [7, 11) is -0.919. The Morgan fingerprint density at radius 2 is 1.85 bits per heavy atom. The van der Waals surface area contributed by atoms with Gasteiger partial charge in [-0.3, -0.25) is 10.1 Å². The van der Waals surface area contributed by atoms with Crippen LogP contribution >= 0.6 is 0 Å². The van der Waals surface area contributed by atoms with E-state index >= 15 is 0 Å². The predicted molar refractivity (Wildman–Crippen MR) is 99.1 cm³/mol. The van der Waals surface area contributed by atoms with Gasteiger partial charge in [0.1, 0.15) is 18.0 Å². The van der Waals surface area contributed by atoms with Crippen molar-refractivity contribution in [3.63, 3.8) is 0 Å². The summed E-state index contributed by atoms with van der Waals surface area (Å²) in [5.74, 6) is 0.649. The van der Waals surface area contributed by atoms with Crippen LogP contribution in [0.2, 0.25) is 0 Å². The molecular weight excluding hydrogens is 358 g/mol. The molecule has 0 bridgehead atoms. The molecule has 2 aromatic rings. The van der Waals surface area contributed by atoms with Crippen LogP contribution in [0.25, 0.3) is 0 Å². The lowest BCUT2D eigenvalue weighted by Gasteiger charge is -2.18. The van der Waals surface area contributed by atoms with Crippen molar-refractivity contribution in [1.29, 1.82) is 0 Å². The van der Waals surface area contributed by atoms with Crippen molar-refractivity contribution in [1.82, 2.24) is 4.31 Å². The van der Waals surface area contributed by atoms with Gasteiger partial charge in [-0.25, -0.2) is 8.42 Å². The van der Waals surface area contributed by atoms with Gasteiger partial charge in [0.15, 0.2) is 0 Å². The highest BCUT2D eigenvalue weighted by molar-refractivity contribution is 7.89. The van der Waals surface area contributed by atoms with Gasteiger partial charge >= 0.3 is 0 Å². The Morgan fingerprint density at radius 1 is 1.19 bits per heavy atom. The van der Waals surface area contributed by atoms with Crippen LogP contribution in [0.5, 0.6) is 5.75 Å². The summed E-state index contributed by atoms with van der Waals surface area (Å²) in [6.07, 6.45) is 0. The van der Waals surface area contributed by atoms with Gasteiger partial charge in [-0.05, 0) is 31.2 Å². The lowest BCUT2D eigenvalue weighted by atomic mass is 10.2. The molecule has 2 rings (SSSR count). The first-order valence-electron chi connectivity index (χ1n) is 7.87. The number of likely N-dealkylation sites (N-methyl/N-ethyl adjacent to an activating group) is 1. The van der Waals surface area contributed by atoms with E-state index in [4.69, 9.17) is 4.74 Å². The Morgan fingerprint density at radius 3 is 2.42 bits per heavy atom. The van der Waals surface area contributed by atoms with Crippen molar-refractivity contribution >= 4 is 21.4 Å². The number of nitro benzene ring substituents is 1. The van der Waals surface area contributed by atoms with Crippen molar-refractivity contribution in [2.75, 3.05) is 32.6 Å². The molecule has 0 radical (unpaired) electrons. The van der Waals surface area contributed by atoms with Gasteiger partial charge in [-0.2, -0.15) is 4.31 Å². The second-order valence-corrected chi connectivity index (χ2v) is 7.72. The summed E-state index contributed by atoms with van der Waals surface area (Å²) in [5.41, 5.74) is 1.06. The van der Waals surface area contributed by atoms with Gasteiger partial charge in [0, 0.05) is 26.7 Å². The lowest BCUT2D eigenvalue weighted by Crippen LogP contribution is -2.31. The minimum absolute atomic E-state index is 0.109. The third-order valence-electron chi connectivity index (χ3n) is 3.84. The van der Waals surface area contributed by atoms with Crippen LogP contribution in [-0.2, 0) is 10.0 Å². The van der Waals surface area contributed by atoms with E-state index in [1.165, 1.54) is 26.2 Å². The zero-order valence-electron chi connectivity index (χ0n) is 14.8. The molecule has 0 aromatic heterocycles. The van der Waals surface area contributed by atoms with E-state index in [0.717, 1.165) is 15.9 Å². The van der Waals surface area contributed by atoms with E-state index in [-0.39, 0.29) is 29.4 Å². The van der Waals surface area contributed by atoms with Crippen LogP contribution in [0.3, 0.4) is 0 Å². The number of hydrogen-bond acceptors (Lipinski definition) is 6. The zero-order chi connectivity index (χ0) is 19.3. The minimum Gasteiger partial charge on any atom is -0.492 e. The summed E-state index contributed by atoms with van der Waals surface area (Å²) >= 11 is 0. The largest absolute Gasteiger partial charge is 0.492 e. The Balaban J connectivity index is 2.09. The molecule has 0 aliphatic carbocycles. The molecule has 0 spiro atoms. The SMILES string of the molecule is CNc1ccc(S(=O)(=O)N(C)CCOc2ccc(C)cc2)cc1[N+](=O)[O-]. The molecule has 9 heteroatoms. The summed E-state index contributed by atoms with van der Waals surface area (Å²) in [4.78, 5) is 10.4. The van der Waals surface area contributed by atoms with E-state index in [1.54, 1.807) is 0 Å². The van der Waals surface area contributed by atoms with E-state index in [0.29, 0.717) is 5.75 Å². The molecule has 0 amide bonds. The minimum atomic E-state index is -3.86. The summed E-state index contributed by atoms with van der Waals surface area (Å²) < 4.78 is 31.9. The van der Waals surface area contributed by atoms with E-state index in [2.05, 4.69) is 5.32 Å². The molecule has 0 unspecified atom stereocenters. The normalized spacial score (nSPS) is 11.4. The van der Waals surface area contributed by atoms with Crippen molar-refractivity contribution in [3.8, 4) is 5.75 Å². The lowest BCUT2D eigenvalue weighted by molar-refractivity contribution is -0.384. The van der Waals surface area contributed by atoms with Gasteiger partial charge in [-0.1, -0.05) is 17.7 Å². The zero-order valence-corrected chi connectivity index (χ0v) is 15.6. The van der Waals surface area contributed by atoms with Crippen LogP contribution in [0.15, 0.2) is 47.4 Å². The Labute approximate surface area is 152 Å². The van der Waals surface area contributed by atoms with Crippen LogP contribution < -0.4 is 10.1 Å². The molecule has 8 nitrogen and oxygen atoms in total. The van der Waals surface area contributed by atoms with Crippen LogP contribution in [0.4, 0.5) is 11.4 Å². The number of nitrogens with one attached hydrogen (secondary N) is 1. The number of sulfonamides is 1. The van der Waals surface area contributed by atoms with Crippen molar-refractivity contribution in [2.45, 2.75) is 11.8 Å². The van der Waals surface area contributed by atoms with E-state index in [1.807, 2.05) is 31.2 Å². The monoisotopic (exact) mass is 379 g/mol. The molecule has 0 fully saturated rings. The highest BCUT2D eigenvalue weighted by Gasteiger charge is 2.24. The molecule has 0 aliphatic heterocycles. The Kier molecular flexibility index (Phi) is 6.17. The smallest absolute Gasteiger partial charge is 0.293 e. The summed E-state index contributed by atoms with van der Waals surface area (Å²) in [6, 6.07) is 11.2. The fraction of sp³-hybridized carbons (Fsp3) is 0.294. The molecule has 0 heterocycles. The first-order valence-corrected chi connectivity index (χ1v) is 9.31. The Hall–Kier alpha value is -2.65. The van der Waals surface area contributed by atoms with Crippen molar-refractivity contribution in [2.24, 2.45) is 0 Å². The van der Waals surface area contributed by atoms with E-state index < -0.39 is 14.9 Å². The maximum Gasteiger partial charge on any atom is 0.293 e. The molecule has 0 saturated carbocycles. The van der Waals surface area contributed by atoms with Crippen molar-refractivity contribution in [3.05, 3.63) is 58.1 Å². The van der Waals surface area contributed by atoms with Gasteiger partial charge < -0.3 is 10.1 Å². The molecule has 0 saturated heterocycles. The van der Waals surface area contributed by atoms with Crippen LogP contribution in [-0.4, -0.2) is 44.9 Å². The number of rotatable bonds is 8. The highest BCUT2D eigenvalue weighted by atomic mass is 32.2. The van der Waals surface area contributed by atoms with Gasteiger partial charge in [0.2, 0.25) is 10.0 Å². The van der Waals surface area contributed by atoms with Gasteiger partial charge in [0.05, 0.1) is 9.82 Å². The molecule has 2 aromatic carbocycles. The predicted octanol–water partition coefficient (Wildman–Crippen LogP) is 2.64. The standard InChI is InChI=1S/C17H21N3O5S/c1-13-4-6-14(7-5-13)25-11-10-19(3)26(23,24)15-8-9-16(18-2)17(12-15)20(21)22/h4-9,12,18H,10-11H2,1-3H3. The molecule has 0 aliphatic rings. The second-order valence-electron chi connectivity index (χ2n) is 5.67. The third-order valence-corrected chi connectivity index (χ3v) is 5.69. The number of ether oxygens (including phenoxy) is 1. The highest BCUT2D eigenvalue weighted by Crippen LogP contribution is 2.28. The fourth-order valence-electron chi connectivity index (χ4n) is 2.26. The first kappa shape index (κ1) is 19.7. The molecule has 0 atom stereocenters. The Bertz CT molecular complexity index is 882. The number of hydrogen-bond donors (Lipinski definition) is 1. The number of anilines is 1. The quantitative estimate of drug-likeness (QED) is 0.559. The van der Waals surface area contributed by atoms with E-state index in [9.17, 15) is 18.5 Å². The summed E-state index contributed by atoms with van der Waals surface area (Å²) in [6.45, 7) is 2.23. The maximum atomic E-state index is 12.6. The number of aryl methyl sites for hydroxylation is 1. The average Bonchev–Trinajstić information content (AvgIpc) is 2.62. The molecule has 26 heavy (non-hydrogen) atoms. The van der Waals surface area contributed by atoms with Crippen LogP contribution in [0, 0.1) is 17.0 Å². The number of nitro groups is 1. The maximum absolute atomic E-state index is 12.6. The third kappa shape index (κ3) is 4.50. The summed E-state index contributed by atoms with van der Waals surface area (Å²) in [5, 5.41) is 13.8. The average molecular weight is 379 g/mol. The fourth-order valence-corrected chi connectivity index (χ4v) is 3.44. The van der Waals surface area contributed by atoms with Gasteiger partial charge in [0.25, 0.3) is 5.69 Å². The number of benzene rings is 2. The van der Waals surface area contributed by atoms with Crippen molar-refractivity contribution < 1.29 is 18.1 Å². The number of nitrogens with zero attached hydrogens (tertiary/aromatic N) is 2. The van der Waals surface area contributed by atoms with Gasteiger partial charge in [-0.15, -0.1) is 0 Å². The molecule has 1 N–H and O–H groups in total.